The number of rotatable bonds is 3. The molecule has 21 heavy (non-hydrogen) atoms. The Bertz CT molecular complexity index is 590. The zero-order valence-corrected chi connectivity index (χ0v) is 12.5. The van der Waals surface area contributed by atoms with Crippen LogP contribution in [0.3, 0.4) is 0 Å². The molecule has 0 spiro atoms. The van der Waals surface area contributed by atoms with Gasteiger partial charge in [0.2, 0.25) is 11.8 Å². The lowest BCUT2D eigenvalue weighted by atomic mass is 9.72. The highest BCUT2D eigenvalue weighted by Gasteiger charge is 2.38. The van der Waals surface area contributed by atoms with Gasteiger partial charge in [-0.05, 0) is 25.2 Å². The number of nitrogens with two attached hydrogens (primary N) is 1. The summed E-state index contributed by atoms with van der Waals surface area (Å²) in [5, 5.41) is 16.9. The normalized spacial score (nSPS) is 22.6. The van der Waals surface area contributed by atoms with Crippen molar-refractivity contribution in [1.82, 2.24) is 10.2 Å². The van der Waals surface area contributed by atoms with Crippen LogP contribution in [0.1, 0.15) is 62.6 Å². The topological polar surface area (TPSA) is 87.7 Å². The Kier molecular flexibility index (Phi) is 3.87. The highest BCUT2D eigenvalue weighted by Crippen LogP contribution is 2.47. The minimum Gasteiger partial charge on any atom is -0.420 e. The molecule has 3 N–H and O–H groups in total. The van der Waals surface area contributed by atoms with E-state index in [2.05, 4.69) is 23.2 Å². The van der Waals surface area contributed by atoms with Crippen LogP contribution in [0.15, 0.2) is 11.5 Å². The molecule has 0 amide bonds. The number of H-pyrrole nitrogens is 1. The van der Waals surface area contributed by atoms with E-state index in [1.165, 1.54) is 19.3 Å². The number of nitrogens with zero attached hydrogens (tertiary/aromatic N) is 2. The van der Waals surface area contributed by atoms with Crippen LogP contribution >= 0.6 is 0 Å². The van der Waals surface area contributed by atoms with E-state index in [0.717, 1.165) is 36.9 Å². The van der Waals surface area contributed by atoms with Crippen molar-refractivity contribution in [1.29, 1.82) is 5.26 Å². The van der Waals surface area contributed by atoms with Crippen molar-refractivity contribution in [3.63, 3.8) is 0 Å². The lowest BCUT2D eigenvalue weighted by Crippen LogP contribution is -2.26. The van der Waals surface area contributed by atoms with E-state index in [4.69, 9.17) is 10.5 Å². The summed E-state index contributed by atoms with van der Waals surface area (Å²) in [6.07, 6.45) is 8.02. The minimum absolute atomic E-state index is 0.0550. The standard InChI is InChI=1S/C16H22N4O/c1-2-6-12-14-13(10-7-4-3-5-8-10)11(9-17)15(18)21-16(14)20-19-12/h10,13H,2-8,18H2,1H3,(H,19,20)/t13-/m0/s1. The number of allylic oxidation sites excluding steroid dienone is 1. The van der Waals surface area contributed by atoms with Crippen molar-refractivity contribution in [3.05, 3.63) is 22.7 Å². The molecule has 1 aromatic rings. The zero-order chi connectivity index (χ0) is 14.8. The summed E-state index contributed by atoms with van der Waals surface area (Å²) in [5.41, 5.74) is 8.74. The van der Waals surface area contributed by atoms with Gasteiger partial charge in [0.05, 0.1) is 5.57 Å². The van der Waals surface area contributed by atoms with Crippen molar-refractivity contribution >= 4 is 0 Å². The Morgan fingerprint density at radius 3 is 2.81 bits per heavy atom. The van der Waals surface area contributed by atoms with E-state index in [1.54, 1.807) is 0 Å². The maximum atomic E-state index is 9.55. The molecule has 1 aliphatic heterocycles. The first kappa shape index (κ1) is 14.0. The molecule has 5 nitrogen and oxygen atoms in total. The summed E-state index contributed by atoms with van der Waals surface area (Å²) >= 11 is 0. The maximum absolute atomic E-state index is 9.55. The second kappa shape index (κ2) is 5.80. The smallest absolute Gasteiger partial charge is 0.243 e. The average molecular weight is 286 g/mol. The van der Waals surface area contributed by atoms with Crippen LogP contribution in [0.4, 0.5) is 0 Å². The number of aryl methyl sites for hydroxylation is 1. The number of ether oxygens (including phenoxy) is 1. The Balaban J connectivity index is 2.05. The van der Waals surface area contributed by atoms with Gasteiger partial charge in [0.1, 0.15) is 6.07 Å². The fourth-order valence-electron chi connectivity index (χ4n) is 3.73. The van der Waals surface area contributed by atoms with Gasteiger partial charge in [-0.1, -0.05) is 32.6 Å². The van der Waals surface area contributed by atoms with Gasteiger partial charge in [0.25, 0.3) is 0 Å². The minimum atomic E-state index is 0.0550. The highest BCUT2D eigenvalue weighted by atomic mass is 16.5. The first-order valence-corrected chi connectivity index (χ1v) is 7.91. The molecule has 0 unspecified atom stereocenters. The van der Waals surface area contributed by atoms with Crippen molar-refractivity contribution in [2.45, 2.75) is 57.8 Å². The third-order valence-electron chi connectivity index (χ3n) is 4.68. The van der Waals surface area contributed by atoms with Gasteiger partial charge in [-0.15, -0.1) is 5.10 Å². The molecule has 5 heteroatoms. The monoisotopic (exact) mass is 286 g/mol. The lowest BCUT2D eigenvalue weighted by molar-refractivity contribution is 0.296. The average Bonchev–Trinajstić information content (AvgIpc) is 2.89. The summed E-state index contributed by atoms with van der Waals surface area (Å²) in [4.78, 5) is 0. The number of hydrogen-bond donors (Lipinski definition) is 2. The zero-order valence-electron chi connectivity index (χ0n) is 12.5. The molecule has 2 aliphatic rings. The summed E-state index contributed by atoms with van der Waals surface area (Å²) in [6.45, 7) is 2.14. The number of hydrogen-bond acceptors (Lipinski definition) is 4. The Morgan fingerprint density at radius 2 is 2.14 bits per heavy atom. The lowest BCUT2D eigenvalue weighted by Gasteiger charge is -2.33. The molecule has 1 aliphatic carbocycles. The van der Waals surface area contributed by atoms with Gasteiger partial charge in [-0.25, -0.2) is 0 Å². The van der Waals surface area contributed by atoms with E-state index >= 15 is 0 Å². The third kappa shape index (κ3) is 2.39. The SMILES string of the molecule is CCCc1[nH]nc2c1[C@@H](C1CCCCC1)C(C#N)=C(N)O2. The Morgan fingerprint density at radius 1 is 1.38 bits per heavy atom. The number of nitrogens with one attached hydrogen (secondary N) is 1. The first-order chi connectivity index (χ1) is 10.3. The van der Waals surface area contributed by atoms with Crippen LogP contribution in [-0.2, 0) is 6.42 Å². The number of nitriles is 1. The molecule has 0 aromatic carbocycles. The van der Waals surface area contributed by atoms with Gasteiger partial charge in [-0.3, -0.25) is 5.10 Å². The van der Waals surface area contributed by atoms with E-state index < -0.39 is 0 Å². The summed E-state index contributed by atoms with van der Waals surface area (Å²) in [5.74, 6) is 1.34. The molecule has 1 saturated carbocycles. The molecule has 1 atom stereocenters. The van der Waals surface area contributed by atoms with Gasteiger partial charge >= 0.3 is 0 Å². The number of fused-ring (bicyclic) bond motifs is 1. The molecule has 3 rings (SSSR count). The molecule has 0 bridgehead atoms. The van der Waals surface area contributed by atoms with Crippen LogP contribution in [0.25, 0.3) is 0 Å². The third-order valence-corrected chi connectivity index (χ3v) is 4.68. The summed E-state index contributed by atoms with van der Waals surface area (Å²) in [6, 6.07) is 2.29. The van der Waals surface area contributed by atoms with Crippen molar-refractivity contribution in [3.8, 4) is 11.9 Å². The van der Waals surface area contributed by atoms with Gasteiger partial charge in [0, 0.05) is 17.2 Å². The number of aromatic nitrogens is 2. The van der Waals surface area contributed by atoms with Crippen LogP contribution in [0.5, 0.6) is 5.88 Å². The van der Waals surface area contributed by atoms with Crippen LogP contribution in [0.2, 0.25) is 0 Å². The first-order valence-electron chi connectivity index (χ1n) is 7.91. The van der Waals surface area contributed by atoms with Crippen molar-refractivity contribution < 1.29 is 4.74 Å². The van der Waals surface area contributed by atoms with Crippen molar-refractivity contribution in [2.24, 2.45) is 11.7 Å². The molecule has 1 fully saturated rings. The molecule has 0 saturated heterocycles. The van der Waals surface area contributed by atoms with Gasteiger partial charge < -0.3 is 10.5 Å². The number of aromatic amines is 1. The molecule has 2 heterocycles. The highest BCUT2D eigenvalue weighted by molar-refractivity contribution is 5.49. The van der Waals surface area contributed by atoms with Crippen LogP contribution in [0, 0.1) is 17.2 Å². The molecule has 112 valence electrons. The maximum Gasteiger partial charge on any atom is 0.243 e. The van der Waals surface area contributed by atoms with E-state index in [1.807, 2.05) is 0 Å². The molecule has 1 aromatic heterocycles. The molecular weight excluding hydrogens is 264 g/mol. The predicted molar refractivity (Wildman–Crippen MR) is 79.4 cm³/mol. The van der Waals surface area contributed by atoms with Gasteiger partial charge in [-0.2, -0.15) is 5.26 Å². The predicted octanol–water partition coefficient (Wildman–Crippen LogP) is 3.11. The van der Waals surface area contributed by atoms with Crippen LogP contribution in [-0.4, -0.2) is 10.2 Å². The van der Waals surface area contributed by atoms with E-state index in [-0.39, 0.29) is 11.8 Å². The van der Waals surface area contributed by atoms with Gasteiger partial charge in [0.15, 0.2) is 0 Å². The van der Waals surface area contributed by atoms with Crippen molar-refractivity contribution in [2.75, 3.05) is 0 Å². The Labute approximate surface area is 125 Å². The van der Waals surface area contributed by atoms with E-state index in [0.29, 0.717) is 17.4 Å². The fourth-order valence-corrected chi connectivity index (χ4v) is 3.73. The second-order valence-electron chi connectivity index (χ2n) is 6.04. The summed E-state index contributed by atoms with van der Waals surface area (Å²) < 4.78 is 5.58. The quantitative estimate of drug-likeness (QED) is 0.893. The van der Waals surface area contributed by atoms with E-state index in [9.17, 15) is 5.26 Å². The molecule has 0 radical (unpaired) electrons. The Hall–Kier alpha value is -1.96. The second-order valence-corrected chi connectivity index (χ2v) is 6.04. The largest absolute Gasteiger partial charge is 0.420 e. The van der Waals surface area contributed by atoms with Crippen LogP contribution < -0.4 is 10.5 Å². The summed E-state index contributed by atoms with van der Waals surface area (Å²) in [7, 11) is 0. The fraction of sp³-hybridized carbons (Fsp3) is 0.625. The molecular formula is C16H22N4O.